The average molecular weight is 692 g/mol. The van der Waals surface area contributed by atoms with E-state index in [1.165, 1.54) is 51.5 Å². The van der Waals surface area contributed by atoms with Crippen molar-refractivity contribution in [1.82, 2.24) is 10.6 Å². The number of benzene rings is 7. The number of nitrogens with one attached hydrogen (secondary N) is 2. The molecule has 6 heteroatoms. The predicted octanol–water partition coefficient (Wildman–Crippen LogP) is 12.3. The first-order chi connectivity index (χ1) is 25.2. The van der Waals surface area contributed by atoms with Crippen molar-refractivity contribution in [2.45, 2.75) is 12.3 Å². The number of aliphatic imine (C=N–C) groups is 1. The van der Waals surface area contributed by atoms with Gasteiger partial charge in [0.15, 0.2) is 0 Å². The summed E-state index contributed by atoms with van der Waals surface area (Å²) in [5.41, 5.74) is 7.49. The molecule has 242 valence electrons. The number of rotatable bonds is 4. The maximum absolute atomic E-state index is 6.51. The highest BCUT2D eigenvalue weighted by Gasteiger charge is 2.27. The topological polar surface area (TPSA) is 49.6 Å². The molecule has 10 aromatic rings. The molecule has 0 fully saturated rings. The molecule has 2 atom stereocenters. The fourth-order valence-corrected chi connectivity index (χ4v) is 10.1. The third-order valence-electron chi connectivity index (χ3n) is 10.2. The Morgan fingerprint density at radius 3 is 2.12 bits per heavy atom. The zero-order valence-corrected chi connectivity index (χ0v) is 28.9. The van der Waals surface area contributed by atoms with E-state index in [-0.39, 0.29) is 12.3 Å². The highest BCUT2D eigenvalue weighted by Crippen LogP contribution is 2.44. The van der Waals surface area contributed by atoms with Crippen LogP contribution in [-0.4, -0.2) is 5.84 Å². The van der Waals surface area contributed by atoms with Crippen LogP contribution in [0.3, 0.4) is 0 Å². The minimum absolute atomic E-state index is 0.128. The molecule has 0 saturated heterocycles. The first-order valence-electron chi connectivity index (χ1n) is 17.2. The molecule has 0 aliphatic carbocycles. The van der Waals surface area contributed by atoms with Crippen LogP contribution in [0, 0.1) is 0 Å². The van der Waals surface area contributed by atoms with Crippen LogP contribution in [0.4, 0.5) is 0 Å². The van der Waals surface area contributed by atoms with Gasteiger partial charge in [-0.05, 0) is 65.2 Å². The van der Waals surface area contributed by atoms with E-state index in [9.17, 15) is 0 Å². The fraction of sp³-hybridized carbons (Fsp3) is 0.0444. The van der Waals surface area contributed by atoms with Crippen LogP contribution in [0.25, 0.3) is 73.4 Å². The van der Waals surface area contributed by atoms with E-state index in [4.69, 9.17) is 9.41 Å². The minimum Gasteiger partial charge on any atom is -0.456 e. The Hall–Kier alpha value is -5.79. The van der Waals surface area contributed by atoms with E-state index in [0.717, 1.165) is 44.5 Å². The van der Waals surface area contributed by atoms with Gasteiger partial charge in [-0.1, -0.05) is 103 Å². The van der Waals surface area contributed by atoms with E-state index >= 15 is 0 Å². The monoisotopic (exact) mass is 691 g/mol. The van der Waals surface area contributed by atoms with Gasteiger partial charge < -0.3 is 9.73 Å². The molecule has 11 rings (SSSR count). The molecule has 0 amide bonds. The van der Waals surface area contributed by atoms with Crippen molar-refractivity contribution in [2.75, 3.05) is 0 Å². The van der Waals surface area contributed by atoms with Crippen molar-refractivity contribution in [3.05, 3.63) is 168 Å². The number of fused-ring (bicyclic) bond motifs is 9. The Morgan fingerprint density at radius 2 is 1.24 bits per heavy atom. The van der Waals surface area contributed by atoms with Crippen LogP contribution >= 0.6 is 22.7 Å². The summed E-state index contributed by atoms with van der Waals surface area (Å²) < 4.78 is 11.7. The molecular formula is C45H29N3OS2. The summed E-state index contributed by atoms with van der Waals surface area (Å²) in [6.45, 7) is 0. The summed E-state index contributed by atoms with van der Waals surface area (Å²) in [5, 5.41) is 14.9. The zero-order chi connectivity index (χ0) is 33.5. The highest BCUT2D eigenvalue weighted by atomic mass is 32.1. The number of nitrogens with zero attached hydrogens (tertiary/aromatic N) is 1. The predicted molar refractivity (Wildman–Crippen MR) is 216 cm³/mol. The second-order valence-electron chi connectivity index (χ2n) is 13.2. The molecule has 7 aromatic carbocycles. The zero-order valence-electron chi connectivity index (χ0n) is 27.3. The van der Waals surface area contributed by atoms with Crippen LogP contribution in [0.15, 0.2) is 161 Å². The van der Waals surface area contributed by atoms with Crippen LogP contribution in [0.1, 0.15) is 29.0 Å². The number of thiophene rings is 2. The molecule has 1 aliphatic heterocycles. The molecule has 4 heterocycles. The largest absolute Gasteiger partial charge is 0.456 e. The molecule has 0 bridgehead atoms. The quantitative estimate of drug-likeness (QED) is 0.193. The average Bonchev–Trinajstić information content (AvgIpc) is 3.89. The van der Waals surface area contributed by atoms with E-state index in [1.54, 1.807) is 0 Å². The molecular weight excluding hydrogens is 663 g/mol. The van der Waals surface area contributed by atoms with Gasteiger partial charge >= 0.3 is 0 Å². The first-order valence-corrected chi connectivity index (χ1v) is 18.8. The van der Waals surface area contributed by atoms with Gasteiger partial charge in [0, 0.05) is 62.2 Å². The molecule has 51 heavy (non-hydrogen) atoms. The summed E-state index contributed by atoms with van der Waals surface area (Å²) in [4.78, 5) is 5.36. The molecule has 3 aromatic heterocycles. The van der Waals surface area contributed by atoms with Crippen LogP contribution in [0.2, 0.25) is 0 Å². The van der Waals surface area contributed by atoms with Crippen molar-refractivity contribution in [2.24, 2.45) is 4.99 Å². The van der Waals surface area contributed by atoms with E-state index in [1.807, 2.05) is 22.7 Å². The van der Waals surface area contributed by atoms with E-state index in [0.29, 0.717) is 0 Å². The van der Waals surface area contributed by atoms with Gasteiger partial charge in [-0.15, -0.1) is 22.7 Å². The Bertz CT molecular complexity index is 3010. The molecule has 1 aliphatic rings. The highest BCUT2D eigenvalue weighted by molar-refractivity contribution is 7.26. The lowest BCUT2D eigenvalue weighted by atomic mass is 9.97. The van der Waals surface area contributed by atoms with Gasteiger partial charge in [-0.3, -0.25) is 5.32 Å². The maximum Gasteiger partial charge on any atom is 0.136 e. The third kappa shape index (κ3) is 4.65. The molecule has 0 spiro atoms. The smallest absolute Gasteiger partial charge is 0.136 e. The van der Waals surface area contributed by atoms with E-state index in [2.05, 4.69) is 162 Å². The Morgan fingerprint density at radius 1 is 0.510 bits per heavy atom. The maximum atomic E-state index is 6.51. The van der Waals surface area contributed by atoms with Gasteiger partial charge in [0.2, 0.25) is 0 Å². The lowest BCUT2D eigenvalue weighted by Crippen LogP contribution is -2.44. The minimum atomic E-state index is -0.283. The summed E-state index contributed by atoms with van der Waals surface area (Å²) in [6.07, 6.45) is -0.412. The molecule has 0 saturated carbocycles. The Labute approximate surface area is 301 Å². The molecule has 0 radical (unpaired) electrons. The Kier molecular flexibility index (Phi) is 6.46. The van der Waals surface area contributed by atoms with Gasteiger partial charge in [-0.2, -0.15) is 0 Å². The Balaban J connectivity index is 1.08. The summed E-state index contributed by atoms with van der Waals surface area (Å²) in [7, 11) is 0. The van der Waals surface area contributed by atoms with Crippen molar-refractivity contribution in [3.8, 4) is 11.1 Å². The van der Waals surface area contributed by atoms with Gasteiger partial charge in [0.1, 0.15) is 29.3 Å². The number of hydrogen-bond acceptors (Lipinski definition) is 6. The van der Waals surface area contributed by atoms with Crippen LogP contribution in [-0.2, 0) is 0 Å². The first kappa shape index (κ1) is 29.0. The normalized spacial score (nSPS) is 16.4. The van der Waals surface area contributed by atoms with Gasteiger partial charge in [0.05, 0.1) is 0 Å². The van der Waals surface area contributed by atoms with Gasteiger partial charge in [0.25, 0.3) is 0 Å². The van der Waals surface area contributed by atoms with Crippen molar-refractivity contribution in [1.29, 1.82) is 0 Å². The lowest BCUT2D eigenvalue weighted by molar-refractivity contribution is 0.409. The van der Waals surface area contributed by atoms with Crippen molar-refractivity contribution < 1.29 is 4.42 Å². The molecule has 4 nitrogen and oxygen atoms in total. The number of amidine groups is 1. The van der Waals surface area contributed by atoms with Crippen molar-refractivity contribution >= 4 is 90.8 Å². The summed E-state index contributed by atoms with van der Waals surface area (Å²) in [6, 6.07) is 54.2. The number of furan rings is 1. The number of hydrogen-bond donors (Lipinski definition) is 2. The molecule has 2 N–H and O–H groups in total. The molecule has 2 unspecified atom stereocenters. The van der Waals surface area contributed by atoms with E-state index < -0.39 is 0 Å². The second-order valence-corrected chi connectivity index (χ2v) is 15.3. The SMILES string of the molecule is c1ccc(C2NC(c3ccc4sc5ccccc5c4c3)=NC(c3ccc4oc5cccc(-c6cccc7c6sc6ccccc67)c5c4c3)N2)cc1. The van der Waals surface area contributed by atoms with Crippen LogP contribution in [0.5, 0.6) is 0 Å². The lowest BCUT2D eigenvalue weighted by Gasteiger charge is -2.32. The standard InChI is InChI=1S/C45H29N3OS2/c1-2-10-26(11-3-1)43-46-44(48-45(47-43)28-21-23-40-34(24-28)30-13-5-6-18-38(30)50-40)27-20-22-36-35(25-27)41-31(14-9-17-37(41)49-36)33-16-8-15-32-29-12-4-7-19-39(29)51-42(32)33/h1-25,43-44,46H,(H,47,48). The summed E-state index contributed by atoms with van der Waals surface area (Å²) >= 11 is 3.69. The fourth-order valence-electron chi connectivity index (χ4n) is 7.77. The van der Waals surface area contributed by atoms with Crippen molar-refractivity contribution in [3.63, 3.8) is 0 Å². The van der Waals surface area contributed by atoms with Gasteiger partial charge in [-0.25, -0.2) is 4.99 Å². The third-order valence-corrected chi connectivity index (χ3v) is 12.5. The summed E-state index contributed by atoms with van der Waals surface area (Å²) in [5.74, 6) is 0.874. The van der Waals surface area contributed by atoms with Crippen LogP contribution < -0.4 is 10.6 Å². The second kappa shape index (κ2) is 11.4.